The van der Waals surface area contributed by atoms with E-state index in [1.807, 2.05) is 13.0 Å². The molecule has 0 aliphatic heterocycles. The lowest BCUT2D eigenvalue weighted by Gasteiger charge is -2.15. The molecule has 0 saturated carbocycles. The Bertz CT molecular complexity index is 982. The lowest BCUT2D eigenvalue weighted by atomic mass is 10.00. The zero-order valence-corrected chi connectivity index (χ0v) is 18.5. The van der Waals surface area contributed by atoms with E-state index < -0.39 is 12.1 Å². The molecule has 0 radical (unpaired) electrons. The first-order valence-electron chi connectivity index (χ1n) is 11.0. The molecule has 2 aromatic carbocycles. The molecule has 3 rings (SSSR count). The van der Waals surface area contributed by atoms with Crippen LogP contribution in [-0.2, 0) is 17.6 Å². The molecule has 0 aromatic heterocycles. The second-order valence-electron chi connectivity index (χ2n) is 8.16. The SMILES string of the molecule is CCCc1c(OCCCOc2ccc3c(c2)CC(CC(=O)O)C3O)ccc(C(C)=O)c1O. The maximum absolute atomic E-state index is 11.7. The van der Waals surface area contributed by atoms with E-state index in [1.165, 1.54) is 6.92 Å². The highest BCUT2D eigenvalue weighted by molar-refractivity contribution is 5.97. The Labute approximate surface area is 187 Å². The summed E-state index contributed by atoms with van der Waals surface area (Å²) in [6, 6.07) is 8.74. The second-order valence-corrected chi connectivity index (χ2v) is 8.16. The van der Waals surface area contributed by atoms with Crippen molar-refractivity contribution in [2.45, 2.75) is 52.1 Å². The monoisotopic (exact) mass is 442 g/mol. The van der Waals surface area contributed by atoms with Gasteiger partial charge in [-0.05, 0) is 55.2 Å². The van der Waals surface area contributed by atoms with Crippen molar-refractivity contribution < 1.29 is 34.4 Å². The summed E-state index contributed by atoms with van der Waals surface area (Å²) in [4.78, 5) is 22.6. The summed E-state index contributed by atoms with van der Waals surface area (Å²) >= 11 is 0. The van der Waals surface area contributed by atoms with E-state index in [2.05, 4.69) is 0 Å². The first-order valence-corrected chi connectivity index (χ1v) is 11.0. The number of Topliss-reactive ketones (excluding diaryl/α,β-unsaturated/α-hetero) is 1. The average Bonchev–Trinajstić information content (AvgIpc) is 3.04. The number of hydrogen-bond acceptors (Lipinski definition) is 6. The van der Waals surface area contributed by atoms with Crippen LogP contribution in [0.25, 0.3) is 0 Å². The summed E-state index contributed by atoms with van der Waals surface area (Å²) in [5.41, 5.74) is 2.64. The largest absolute Gasteiger partial charge is 0.507 e. The third kappa shape index (κ3) is 5.40. The average molecular weight is 443 g/mol. The molecule has 0 spiro atoms. The van der Waals surface area contributed by atoms with Crippen molar-refractivity contribution in [1.82, 2.24) is 0 Å². The number of benzene rings is 2. The minimum Gasteiger partial charge on any atom is -0.507 e. The van der Waals surface area contributed by atoms with Gasteiger partial charge in [-0.15, -0.1) is 0 Å². The van der Waals surface area contributed by atoms with Gasteiger partial charge in [-0.2, -0.15) is 0 Å². The van der Waals surface area contributed by atoms with Crippen molar-refractivity contribution >= 4 is 11.8 Å². The molecule has 2 aromatic rings. The van der Waals surface area contributed by atoms with Gasteiger partial charge in [-0.25, -0.2) is 0 Å². The number of aliphatic carboxylic acids is 1. The van der Waals surface area contributed by atoms with Gasteiger partial charge in [0.2, 0.25) is 0 Å². The Kier molecular flexibility index (Phi) is 7.75. The molecular formula is C25H30O7. The predicted octanol–water partition coefficient (Wildman–Crippen LogP) is 4.08. The minimum atomic E-state index is -0.912. The van der Waals surface area contributed by atoms with E-state index in [4.69, 9.17) is 14.6 Å². The Morgan fingerprint density at radius 3 is 2.56 bits per heavy atom. The van der Waals surface area contributed by atoms with Gasteiger partial charge in [0.1, 0.15) is 17.2 Å². The highest BCUT2D eigenvalue weighted by atomic mass is 16.5. The van der Waals surface area contributed by atoms with E-state index in [9.17, 15) is 19.8 Å². The Balaban J connectivity index is 1.52. The number of ketones is 1. The number of hydrogen-bond donors (Lipinski definition) is 3. The second kappa shape index (κ2) is 10.5. The van der Waals surface area contributed by atoms with Crippen LogP contribution in [0.15, 0.2) is 30.3 Å². The van der Waals surface area contributed by atoms with Crippen LogP contribution in [0.4, 0.5) is 0 Å². The molecular weight excluding hydrogens is 412 g/mol. The van der Waals surface area contributed by atoms with Gasteiger partial charge in [0.15, 0.2) is 5.78 Å². The molecule has 7 nitrogen and oxygen atoms in total. The highest BCUT2D eigenvalue weighted by Gasteiger charge is 2.32. The molecule has 7 heteroatoms. The van der Waals surface area contributed by atoms with Gasteiger partial charge in [-0.3, -0.25) is 9.59 Å². The number of aliphatic hydroxyl groups excluding tert-OH is 1. The highest BCUT2D eigenvalue weighted by Crippen LogP contribution is 2.39. The molecule has 2 unspecified atom stereocenters. The predicted molar refractivity (Wildman–Crippen MR) is 119 cm³/mol. The summed E-state index contributed by atoms with van der Waals surface area (Å²) in [5, 5.41) is 29.7. The van der Waals surface area contributed by atoms with Gasteiger partial charge in [0, 0.05) is 17.9 Å². The van der Waals surface area contributed by atoms with Crippen LogP contribution in [0.1, 0.15) is 66.3 Å². The standard InChI is InChI=1S/C25H30O7/c1-3-5-21-22(9-8-19(15(2)26)25(21)30)32-11-4-10-31-18-6-7-20-16(13-18)12-17(24(20)29)14-23(27)28/h6-9,13,17,24,29-30H,3-5,10-12,14H2,1-2H3,(H,27,28). The fraction of sp³-hybridized carbons (Fsp3) is 0.440. The number of carbonyl (C=O) groups excluding carboxylic acids is 1. The summed E-state index contributed by atoms with van der Waals surface area (Å²) in [6.07, 6.45) is 1.74. The normalized spacial score (nSPS) is 17.1. The number of ether oxygens (including phenoxy) is 2. The van der Waals surface area contributed by atoms with E-state index in [0.717, 1.165) is 17.5 Å². The minimum absolute atomic E-state index is 0.00497. The Morgan fingerprint density at radius 1 is 1.12 bits per heavy atom. The smallest absolute Gasteiger partial charge is 0.303 e. The van der Waals surface area contributed by atoms with Gasteiger partial charge in [-0.1, -0.05) is 19.4 Å². The maximum atomic E-state index is 11.7. The van der Waals surface area contributed by atoms with E-state index in [1.54, 1.807) is 24.3 Å². The van der Waals surface area contributed by atoms with Crippen LogP contribution in [0.5, 0.6) is 17.2 Å². The number of rotatable bonds is 11. The topological polar surface area (TPSA) is 113 Å². The van der Waals surface area contributed by atoms with Crippen molar-refractivity contribution in [3.05, 3.63) is 52.6 Å². The zero-order valence-electron chi connectivity index (χ0n) is 18.5. The first-order chi connectivity index (χ1) is 15.3. The maximum Gasteiger partial charge on any atom is 0.303 e. The van der Waals surface area contributed by atoms with Gasteiger partial charge < -0.3 is 24.8 Å². The molecule has 32 heavy (non-hydrogen) atoms. The van der Waals surface area contributed by atoms with Crippen molar-refractivity contribution in [2.75, 3.05) is 13.2 Å². The first kappa shape index (κ1) is 23.6. The van der Waals surface area contributed by atoms with Crippen molar-refractivity contribution in [1.29, 1.82) is 0 Å². The van der Waals surface area contributed by atoms with E-state index in [0.29, 0.717) is 55.1 Å². The number of phenolic OH excluding ortho intramolecular Hbond substituents is 1. The summed E-state index contributed by atoms with van der Waals surface area (Å²) < 4.78 is 11.6. The number of carboxylic acids is 1. The van der Waals surface area contributed by atoms with Gasteiger partial charge >= 0.3 is 5.97 Å². The summed E-state index contributed by atoms with van der Waals surface area (Å²) in [7, 11) is 0. The number of carboxylic acid groups (broad SMARTS) is 1. The lowest BCUT2D eigenvalue weighted by molar-refractivity contribution is -0.139. The number of aliphatic hydroxyl groups is 1. The van der Waals surface area contributed by atoms with Crippen molar-refractivity contribution in [3.63, 3.8) is 0 Å². The van der Waals surface area contributed by atoms with Crippen LogP contribution in [-0.4, -0.2) is 40.3 Å². The third-order valence-corrected chi connectivity index (χ3v) is 5.73. The van der Waals surface area contributed by atoms with Crippen molar-refractivity contribution in [2.24, 2.45) is 5.92 Å². The number of phenols is 1. The molecule has 0 fully saturated rings. The Morgan fingerprint density at radius 2 is 1.88 bits per heavy atom. The summed E-state index contributed by atoms with van der Waals surface area (Å²) in [5.74, 6) is -0.170. The van der Waals surface area contributed by atoms with Crippen LogP contribution in [0, 0.1) is 5.92 Å². The fourth-order valence-electron chi connectivity index (χ4n) is 4.15. The molecule has 172 valence electrons. The molecule has 1 aliphatic carbocycles. The number of aromatic hydroxyl groups is 1. The van der Waals surface area contributed by atoms with E-state index in [-0.39, 0.29) is 23.9 Å². The van der Waals surface area contributed by atoms with Gasteiger partial charge in [0.25, 0.3) is 0 Å². The van der Waals surface area contributed by atoms with Crippen LogP contribution in [0.2, 0.25) is 0 Å². The van der Waals surface area contributed by atoms with Crippen molar-refractivity contribution in [3.8, 4) is 17.2 Å². The Hall–Kier alpha value is -3.06. The molecule has 0 heterocycles. The summed E-state index contributed by atoms with van der Waals surface area (Å²) in [6.45, 7) is 4.23. The van der Waals surface area contributed by atoms with Crippen LogP contribution in [0.3, 0.4) is 0 Å². The molecule has 0 saturated heterocycles. The van der Waals surface area contributed by atoms with Crippen LogP contribution >= 0.6 is 0 Å². The molecule has 0 bridgehead atoms. The number of fused-ring (bicyclic) bond motifs is 1. The zero-order chi connectivity index (χ0) is 23.3. The number of carbonyl (C=O) groups is 2. The molecule has 3 N–H and O–H groups in total. The van der Waals surface area contributed by atoms with E-state index >= 15 is 0 Å². The third-order valence-electron chi connectivity index (χ3n) is 5.73. The molecule has 2 atom stereocenters. The lowest BCUT2D eigenvalue weighted by Crippen LogP contribution is -2.12. The molecule has 0 amide bonds. The van der Waals surface area contributed by atoms with Crippen LogP contribution < -0.4 is 9.47 Å². The fourth-order valence-corrected chi connectivity index (χ4v) is 4.15. The van der Waals surface area contributed by atoms with Gasteiger partial charge in [0.05, 0.1) is 31.3 Å². The quantitative estimate of drug-likeness (QED) is 0.355. The molecule has 1 aliphatic rings.